The summed E-state index contributed by atoms with van der Waals surface area (Å²) in [5, 5.41) is 3.99. The summed E-state index contributed by atoms with van der Waals surface area (Å²) in [6, 6.07) is 1.87. The number of nitrogens with one attached hydrogen (secondary N) is 1. The molecular formula is C14H24ClN3. The van der Waals surface area contributed by atoms with Crippen molar-refractivity contribution in [2.45, 2.75) is 34.2 Å². The molecule has 3 nitrogen and oxygen atoms in total. The summed E-state index contributed by atoms with van der Waals surface area (Å²) in [4.78, 5) is 4.32. The van der Waals surface area contributed by atoms with Gasteiger partial charge in [-0.05, 0) is 29.4 Å². The van der Waals surface area contributed by atoms with E-state index in [-0.39, 0.29) is 0 Å². The van der Waals surface area contributed by atoms with Crippen LogP contribution in [0.3, 0.4) is 0 Å². The smallest absolute Gasteiger partial charge is 0.144 e. The Labute approximate surface area is 115 Å². The summed E-state index contributed by atoms with van der Waals surface area (Å²) in [6.45, 7) is 10.4. The first-order valence-corrected chi connectivity index (χ1v) is 6.91. The van der Waals surface area contributed by atoms with Crippen molar-refractivity contribution >= 4 is 17.4 Å². The third-order valence-corrected chi connectivity index (χ3v) is 3.64. The molecule has 1 aromatic heterocycles. The van der Waals surface area contributed by atoms with Crippen molar-refractivity contribution in [2.75, 3.05) is 11.9 Å². The Morgan fingerprint density at radius 2 is 1.89 bits per heavy atom. The van der Waals surface area contributed by atoms with Gasteiger partial charge in [0.05, 0.1) is 5.02 Å². The van der Waals surface area contributed by atoms with Crippen LogP contribution in [0.2, 0.25) is 5.02 Å². The lowest BCUT2D eigenvalue weighted by molar-refractivity contribution is 0.304. The molecule has 1 rings (SSSR count). The maximum absolute atomic E-state index is 6.17. The van der Waals surface area contributed by atoms with E-state index >= 15 is 0 Å². The molecule has 1 aromatic rings. The van der Waals surface area contributed by atoms with Crippen LogP contribution in [0.5, 0.6) is 0 Å². The van der Waals surface area contributed by atoms with E-state index in [1.165, 1.54) is 0 Å². The zero-order chi connectivity index (χ0) is 13.7. The van der Waals surface area contributed by atoms with Gasteiger partial charge in [-0.3, -0.25) is 0 Å². The highest BCUT2D eigenvalue weighted by molar-refractivity contribution is 6.32. The molecule has 4 heteroatoms. The van der Waals surface area contributed by atoms with Gasteiger partial charge in [0.1, 0.15) is 5.82 Å². The maximum Gasteiger partial charge on any atom is 0.144 e. The fourth-order valence-corrected chi connectivity index (χ4v) is 2.43. The van der Waals surface area contributed by atoms with Gasteiger partial charge in [0.25, 0.3) is 0 Å². The van der Waals surface area contributed by atoms with Crippen LogP contribution in [0.15, 0.2) is 12.3 Å². The van der Waals surface area contributed by atoms with Crippen LogP contribution in [0.1, 0.15) is 33.3 Å². The van der Waals surface area contributed by atoms with Gasteiger partial charge in [-0.1, -0.05) is 39.3 Å². The summed E-state index contributed by atoms with van der Waals surface area (Å²) in [6.07, 6.45) is 1.77. The van der Waals surface area contributed by atoms with E-state index in [0.29, 0.717) is 29.3 Å². The van der Waals surface area contributed by atoms with Crippen LogP contribution in [0.25, 0.3) is 0 Å². The van der Waals surface area contributed by atoms with Crippen molar-refractivity contribution in [2.24, 2.45) is 23.5 Å². The Bertz CT molecular complexity index is 369. The predicted octanol–water partition coefficient (Wildman–Crippen LogP) is 3.53. The van der Waals surface area contributed by atoms with Gasteiger partial charge in [-0.15, -0.1) is 0 Å². The minimum atomic E-state index is 0.466. The van der Waals surface area contributed by atoms with Crippen LogP contribution < -0.4 is 11.1 Å². The average Bonchev–Trinajstić information content (AvgIpc) is 2.30. The lowest BCUT2D eigenvalue weighted by atomic mass is 9.85. The second-order valence-electron chi connectivity index (χ2n) is 5.41. The van der Waals surface area contributed by atoms with E-state index < -0.39 is 0 Å². The van der Waals surface area contributed by atoms with Gasteiger partial charge >= 0.3 is 0 Å². The van der Waals surface area contributed by atoms with Crippen molar-refractivity contribution < 1.29 is 0 Å². The highest BCUT2D eigenvalue weighted by Gasteiger charge is 2.17. The van der Waals surface area contributed by atoms with Crippen molar-refractivity contribution in [3.8, 4) is 0 Å². The lowest BCUT2D eigenvalue weighted by Gasteiger charge is -2.25. The van der Waals surface area contributed by atoms with E-state index in [1.54, 1.807) is 6.20 Å². The number of rotatable bonds is 6. The van der Waals surface area contributed by atoms with Crippen molar-refractivity contribution in [3.05, 3.63) is 22.8 Å². The molecule has 0 spiro atoms. The molecule has 0 atom stereocenters. The number of nitrogens with two attached hydrogens (primary N) is 1. The average molecular weight is 270 g/mol. The van der Waals surface area contributed by atoms with Crippen LogP contribution in [-0.2, 0) is 6.54 Å². The quantitative estimate of drug-likeness (QED) is 0.831. The monoisotopic (exact) mass is 269 g/mol. The zero-order valence-corrected chi connectivity index (χ0v) is 12.5. The molecule has 1 heterocycles. The Morgan fingerprint density at radius 3 is 2.33 bits per heavy atom. The Morgan fingerprint density at radius 1 is 1.28 bits per heavy atom. The molecule has 0 bridgehead atoms. The first kappa shape index (κ1) is 15.3. The highest BCUT2D eigenvalue weighted by atomic mass is 35.5. The number of aromatic nitrogens is 1. The summed E-state index contributed by atoms with van der Waals surface area (Å²) >= 11 is 6.17. The van der Waals surface area contributed by atoms with Gasteiger partial charge in [0.2, 0.25) is 0 Å². The Hall–Kier alpha value is -0.800. The minimum absolute atomic E-state index is 0.466. The standard InChI is InChI=1S/C14H24ClN3/c1-9(2)12(10(3)4)8-18-14-13(15)5-11(6-16)7-17-14/h5,7,9-10,12H,6,8,16H2,1-4H3,(H,17,18). The van der Waals surface area contributed by atoms with E-state index in [4.69, 9.17) is 17.3 Å². The molecule has 18 heavy (non-hydrogen) atoms. The number of anilines is 1. The van der Waals surface area contributed by atoms with Crippen molar-refractivity contribution in [1.82, 2.24) is 4.98 Å². The van der Waals surface area contributed by atoms with E-state index in [1.807, 2.05) is 6.07 Å². The first-order valence-electron chi connectivity index (χ1n) is 6.54. The number of nitrogens with zero attached hydrogens (tertiary/aromatic N) is 1. The summed E-state index contributed by atoms with van der Waals surface area (Å²) in [7, 11) is 0. The van der Waals surface area contributed by atoms with Crippen LogP contribution in [0.4, 0.5) is 5.82 Å². The van der Waals surface area contributed by atoms with Gasteiger partial charge in [0.15, 0.2) is 0 Å². The molecule has 0 amide bonds. The second kappa shape index (κ2) is 6.95. The van der Waals surface area contributed by atoms with Gasteiger partial charge < -0.3 is 11.1 Å². The van der Waals surface area contributed by atoms with E-state index in [0.717, 1.165) is 17.9 Å². The predicted molar refractivity (Wildman–Crippen MR) is 78.8 cm³/mol. The normalized spacial score (nSPS) is 11.6. The molecule has 3 N–H and O–H groups in total. The Balaban J connectivity index is 2.67. The maximum atomic E-state index is 6.17. The number of pyridine rings is 1. The number of halogens is 1. The lowest BCUT2D eigenvalue weighted by Crippen LogP contribution is -2.25. The van der Waals surface area contributed by atoms with Crippen molar-refractivity contribution in [1.29, 1.82) is 0 Å². The third-order valence-electron chi connectivity index (χ3n) is 3.35. The van der Waals surface area contributed by atoms with Gasteiger partial charge in [0, 0.05) is 19.3 Å². The molecule has 0 aliphatic heterocycles. The van der Waals surface area contributed by atoms with Crippen molar-refractivity contribution in [3.63, 3.8) is 0 Å². The van der Waals surface area contributed by atoms with Crippen LogP contribution in [0, 0.1) is 17.8 Å². The largest absolute Gasteiger partial charge is 0.369 e. The molecule has 0 saturated heterocycles. The molecule has 0 aliphatic rings. The topological polar surface area (TPSA) is 50.9 Å². The molecule has 0 unspecified atom stereocenters. The van der Waals surface area contributed by atoms with Gasteiger partial charge in [-0.2, -0.15) is 0 Å². The molecule has 102 valence electrons. The molecule has 0 saturated carbocycles. The van der Waals surface area contributed by atoms with E-state index in [2.05, 4.69) is 38.0 Å². The number of hydrogen-bond donors (Lipinski definition) is 2. The summed E-state index contributed by atoms with van der Waals surface area (Å²) < 4.78 is 0. The fraction of sp³-hybridized carbons (Fsp3) is 0.643. The van der Waals surface area contributed by atoms with Crippen LogP contribution >= 0.6 is 11.6 Å². The second-order valence-corrected chi connectivity index (χ2v) is 5.82. The minimum Gasteiger partial charge on any atom is -0.369 e. The SMILES string of the molecule is CC(C)C(CNc1ncc(CN)cc1Cl)C(C)C. The first-order chi connectivity index (χ1) is 8.45. The zero-order valence-electron chi connectivity index (χ0n) is 11.7. The molecule has 0 radical (unpaired) electrons. The number of hydrogen-bond acceptors (Lipinski definition) is 3. The summed E-state index contributed by atoms with van der Waals surface area (Å²) in [5.74, 6) is 2.64. The van der Waals surface area contributed by atoms with Crippen LogP contribution in [-0.4, -0.2) is 11.5 Å². The highest BCUT2D eigenvalue weighted by Crippen LogP contribution is 2.24. The fourth-order valence-electron chi connectivity index (χ4n) is 2.17. The molecule has 0 fully saturated rings. The molecular weight excluding hydrogens is 246 g/mol. The Kier molecular flexibility index (Phi) is 5.89. The molecule has 0 aliphatic carbocycles. The summed E-state index contributed by atoms with van der Waals surface area (Å²) in [5.41, 5.74) is 6.50. The third kappa shape index (κ3) is 4.14. The van der Waals surface area contributed by atoms with E-state index in [9.17, 15) is 0 Å². The molecule has 0 aromatic carbocycles. The van der Waals surface area contributed by atoms with Gasteiger partial charge in [-0.25, -0.2) is 4.98 Å².